The van der Waals surface area contributed by atoms with Crippen molar-refractivity contribution >= 4 is 69.6 Å². The second kappa shape index (κ2) is 11.9. The maximum absolute atomic E-state index is 14.8. The van der Waals surface area contributed by atoms with Gasteiger partial charge in [0, 0.05) is 11.6 Å². The average Bonchev–Trinajstić information content (AvgIpc) is 3.50. The summed E-state index contributed by atoms with van der Waals surface area (Å²) >= 11 is 18.5. The van der Waals surface area contributed by atoms with Crippen LogP contribution in [0.25, 0.3) is 0 Å². The first kappa shape index (κ1) is 34.2. The van der Waals surface area contributed by atoms with E-state index >= 15 is 0 Å². The fraction of sp³-hybridized carbons (Fsp3) is 0.222. The number of hydrogen-bond acceptors (Lipinski definition) is 3. The predicted molar refractivity (Wildman–Crippen MR) is 146 cm³/mol. The lowest BCUT2D eigenvalue weighted by atomic mass is 10.0. The van der Waals surface area contributed by atoms with Gasteiger partial charge >= 0.3 is 18.3 Å². The van der Waals surface area contributed by atoms with Crippen LogP contribution in [-0.4, -0.2) is 28.2 Å². The van der Waals surface area contributed by atoms with E-state index in [0.717, 1.165) is 12.1 Å². The molecule has 4 rings (SSSR count). The Labute approximate surface area is 261 Å². The van der Waals surface area contributed by atoms with Crippen molar-refractivity contribution in [2.24, 2.45) is 5.92 Å². The van der Waals surface area contributed by atoms with E-state index in [4.69, 9.17) is 34.8 Å². The second-order valence-corrected chi connectivity index (χ2v) is 11.5. The minimum atomic E-state index is -5.40. The Morgan fingerprint density at radius 3 is 2.07 bits per heavy atom. The molecule has 0 saturated heterocycles. The highest BCUT2D eigenvalue weighted by molar-refractivity contribution is 6.53. The smallest absolute Gasteiger partial charge is 0.326 e. The minimum Gasteiger partial charge on any atom is -0.326 e. The number of alkyl halides is 8. The highest BCUT2D eigenvalue weighted by atomic mass is 35.5. The van der Waals surface area contributed by atoms with Gasteiger partial charge in [0.25, 0.3) is 5.91 Å². The van der Waals surface area contributed by atoms with E-state index in [1.54, 1.807) is 0 Å². The van der Waals surface area contributed by atoms with Crippen molar-refractivity contribution in [1.29, 1.82) is 0 Å². The summed E-state index contributed by atoms with van der Waals surface area (Å²) in [5.74, 6) is -12.1. The van der Waals surface area contributed by atoms with E-state index < -0.39 is 86.2 Å². The number of nitrogens with one attached hydrogen (secondary N) is 3. The molecule has 0 aliphatic heterocycles. The van der Waals surface area contributed by atoms with Gasteiger partial charge in [-0.05, 0) is 54.4 Å². The molecule has 240 valence electrons. The molecule has 3 aromatic carbocycles. The van der Waals surface area contributed by atoms with E-state index in [9.17, 15) is 53.9 Å². The molecule has 3 aromatic rings. The third-order valence-electron chi connectivity index (χ3n) is 6.59. The Bertz CT molecular complexity index is 1730. The second-order valence-electron chi connectivity index (χ2n) is 9.70. The summed E-state index contributed by atoms with van der Waals surface area (Å²) < 4.78 is 118. The van der Waals surface area contributed by atoms with Gasteiger partial charge in [0.2, 0.25) is 5.91 Å². The Morgan fingerprint density at radius 1 is 0.844 bits per heavy atom. The zero-order valence-electron chi connectivity index (χ0n) is 22.0. The third kappa shape index (κ3) is 6.94. The standard InChI is InChI=1S/C27H15Cl3F9N3O3/c1-9-6-11(40-23(44)18-17(25(18,29)30)10-2-3-14(31)13(7-10)26(34,35)36)8-12(19(9)28)22(43)42-21-15(32)4-5-16(20(21)33)41-24(45)27(37,38)39/h2-8,17-18H,1H3,(H,40,44)(H,41,45)(H,42,43)/t17-,18+/m0/s1. The number of aryl methyl sites for hydroxylation is 1. The molecule has 6 nitrogen and oxygen atoms in total. The number of halogens is 12. The minimum absolute atomic E-state index is 0.135. The number of benzene rings is 3. The number of amides is 3. The Morgan fingerprint density at radius 2 is 1.47 bits per heavy atom. The van der Waals surface area contributed by atoms with Gasteiger partial charge in [0.05, 0.1) is 27.8 Å². The van der Waals surface area contributed by atoms with Crippen molar-refractivity contribution in [1.82, 2.24) is 0 Å². The quantitative estimate of drug-likeness (QED) is 0.178. The van der Waals surface area contributed by atoms with Gasteiger partial charge < -0.3 is 16.0 Å². The van der Waals surface area contributed by atoms with Crippen molar-refractivity contribution in [2.45, 2.75) is 29.5 Å². The van der Waals surface area contributed by atoms with E-state index in [2.05, 4.69) is 5.32 Å². The molecule has 1 saturated carbocycles. The number of rotatable bonds is 6. The molecule has 0 radical (unpaired) electrons. The molecule has 1 aliphatic carbocycles. The first-order chi connectivity index (χ1) is 20.6. The SMILES string of the molecule is Cc1cc(NC(=O)[C@H]2[C@H](c3ccc(F)c(C(F)(F)F)c3)C2(Cl)Cl)cc(C(=O)Nc2c(F)ccc(NC(=O)C(F)(F)F)c2F)c1Cl. The average molecular weight is 707 g/mol. The number of carbonyl (C=O) groups is 3. The maximum atomic E-state index is 14.8. The van der Waals surface area contributed by atoms with Crippen LogP contribution >= 0.6 is 34.8 Å². The summed E-state index contributed by atoms with van der Waals surface area (Å²) in [4.78, 5) is 37.2. The van der Waals surface area contributed by atoms with Crippen LogP contribution < -0.4 is 16.0 Å². The first-order valence-electron chi connectivity index (χ1n) is 12.2. The van der Waals surface area contributed by atoms with Crippen LogP contribution in [-0.2, 0) is 15.8 Å². The number of anilines is 3. The molecular weight excluding hydrogens is 692 g/mol. The van der Waals surface area contributed by atoms with Gasteiger partial charge in [-0.25, -0.2) is 13.2 Å². The summed E-state index contributed by atoms with van der Waals surface area (Å²) in [6.45, 7) is 1.37. The molecule has 45 heavy (non-hydrogen) atoms. The van der Waals surface area contributed by atoms with E-state index in [0.29, 0.717) is 24.3 Å². The lowest BCUT2D eigenvalue weighted by Gasteiger charge is -2.15. The van der Waals surface area contributed by atoms with Crippen LogP contribution in [0.5, 0.6) is 0 Å². The molecule has 0 heterocycles. The van der Waals surface area contributed by atoms with Crippen LogP contribution in [0.15, 0.2) is 42.5 Å². The van der Waals surface area contributed by atoms with Crippen molar-refractivity contribution in [2.75, 3.05) is 16.0 Å². The van der Waals surface area contributed by atoms with Gasteiger partial charge in [0.1, 0.15) is 21.7 Å². The molecule has 0 unspecified atom stereocenters. The van der Waals surface area contributed by atoms with Gasteiger partial charge in [0.15, 0.2) is 5.82 Å². The fourth-order valence-corrected chi connectivity index (χ4v) is 5.41. The van der Waals surface area contributed by atoms with E-state index in [1.165, 1.54) is 18.3 Å². The third-order valence-corrected chi connectivity index (χ3v) is 8.04. The van der Waals surface area contributed by atoms with Crippen molar-refractivity contribution in [3.8, 4) is 0 Å². The monoisotopic (exact) mass is 705 g/mol. The van der Waals surface area contributed by atoms with Crippen LogP contribution in [0.3, 0.4) is 0 Å². The highest BCUT2D eigenvalue weighted by Crippen LogP contribution is 2.65. The van der Waals surface area contributed by atoms with Crippen LogP contribution in [0.1, 0.15) is 33.0 Å². The number of hydrogen-bond donors (Lipinski definition) is 3. The Balaban J connectivity index is 1.57. The Hall–Kier alpha value is -3.69. The maximum Gasteiger partial charge on any atom is 0.471 e. The van der Waals surface area contributed by atoms with Crippen LogP contribution in [0, 0.1) is 30.3 Å². The molecule has 0 spiro atoms. The summed E-state index contributed by atoms with van der Waals surface area (Å²) in [5.41, 5.74) is -4.63. The summed E-state index contributed by atoms with van der Waals surface area (Å²) in [5, 5.41) is 5.11. The molecule has 1 aliphatic rings. The van der Waals surface area contributed by atoms with Crippen LogP contribution in [0.4, 0.5) is 56.6 Å². The molecule has 3 amide bonds. The summed E-state index contributed by atoms with van der Waals surface area (Å²) in [6.07, 6.45) is -10.5. The highest BCUT2D eigenvalue weighted by Gasteiger charge is 2.67. The topological polar surface area (TPSA) is 87.3 Å². The largest absolute Gasteiger partial charge is 0.471 e. The van der Waals surface area contributed by atoms with Crippen molar-refractivity contribution < 1.29 is 53.9 Å². The summed E-state index contributed by atoms with van der Waals surface area (Å²) in [7, 11) is 0. The van der Waals surface area contributed by atoms with Gasteiger partial charge in [-0.15, -0.1) is 23.2 Å². The van der Waals surface area contributed by atoms with E-state index in [1.807, 2.05) is 5.32 Å². The lowest BCUT2D eigenvalue weighted by Crippen LogP contribution is -2.30. The molecule has 1 fully saturated rings. The van der Waals surface area contributed by atoms with E-state index in [-0.39, 0.29) is 21.8 Å². The fourth-order valence-electron chi connectivity index (χ4n) is 4.39. The van der Waals surface area contributed by atoms with Gasteiger partial charge in [-0.1, -0.05) is 17.7 Å². The van der Waals surface area contributed by atoms with Gasteiger partial charge in [-0.3, -0.25) is 14.4 Å². The van der Waals surface area contributed by atoms with Gasteiger partial charge in [-0.2, -0.15) is 26.3 Å². The molecule has 0 bridgehead atoms. The predicted octanol–water partition coefficient (Wildman–Crippen LogP) is 8.36. The molecule has 18 heteroatoms. The van der Waals surface area contributed by atoms with Crippen LogP contribution in [0.2, 0.25) is 5.02 Å². The molecule has 3 N–H and O–H groups in total. The molecule has 2 atom stereocenters. The molecular formula is C27H15Cl3F9N3O3. The first-order valence-corrected chi connectivity index (χ1v) is 13.3. The normalized spacial score (nSPS) is 17.4. The van der Waals surface area contributed by atoms with Crippen molar-refractivity contribution in [3.63, 3.8) is 0 Å². The lowest BCUT2D eigenvalue weighted by molar-refractivity contribution is -0.167. The Kier molecular flexibility index (Phi) is 9.05. The number of carbonyl (C=O) groups excluding carboxylic acids is 3. The zero-order valence-corrected chi connectivity index (χ0v) is 24.2. The summed E-state index contributed by atoms with van der Waals surface area (Å²) in [6, 6.07) is 5.19. The zero-order chi connectivity index (χ0) is 33.8. The van der Waals surface area contributed by atoms with Crippen molar-refractivity contribution in [3.05, 3.63) is 87.2 Å². The molecule has 0 aromatic heterocycles.